The molecule has 2 aromatic carbocycles. The van der Waals surface area contributed by atoms with Gasteiger partial charge in [0.1, 0.15) is 18.4 Å². The van der Waals surface area contributed by atoms with E-state index in [1.807, 2.05) is 12.1 Å². The first-order valence-electron chi connectivity index (χ1n) is 9.20. The van der Waals surface area contributed by atoms with Gasteiger partial charge < -0.3 is 15.4 Å². The molecule has 1 aliphatic heterocycles. The molecule has 1 aliphatic rings. The summed E-state index contributed by atoms with van der Waals surface area (Å²) in [7, 11) is 0. The van der Waals surface area contributed by atoms with E-state index in [-0.39, 0.29) is 30.3 Å². The second-order valence-electron chi connectivity index (χ2n) is 7.80. The molecule has 1 unspecified atom stereocenters. The van der Waals surface area contributed by atoms with Crippen LogP contribution in [0.2, 0.25) is 0 Å². The van der Waals surface area contributed by atoms with E-state index in [2.05, 4.69) is 31.4 Å². The maximum atomic E-state index is 12.4. The van der Waals surface area contributed by atoms with E-state index in [0.29, 0.717) is 16.9 Å². The zero-order valence-electron chi connectivity index (χ0n) is 16.2. The molecule has 1 heterocycles. The molecule has 28 heavy (non-hydrogen) atoms. The summed E-state index contributed by atoms with van der Waals surface area (Å²) in [5.74, 6) is -0.461. The molecular weight excluding hydrogens is 356 g/mol. The van der Waals surface area contributed by atoms with Crippen molar-refractivity contribution in [1.82, 2.24) is 10.6 Å². The zero-order chi connectivity index (χ0) is 20.3. The molecule has 2 N–H and O–H groups in total. The van der Waals surface area contributed by atoms with Crippen molar-refractivity contribution in [2.45, 2.75) is 32.2 Å². The Hall–Kier alpha value is -3.15. The predicted molar refractivity (Wildman–Crippen MR) is 106 cm³/mol. The van der Waals surface area contributed by atoms with Gasteiger partial charge in [-0.1, -0.05) is 45.0 Å². The van der Waals surface area contributed by atoms with E-state index in [1.54, 1.807) is 36.4 Å². The Balaban J connectivity index is 1.53. The summed E-state index contributed by atoms with van der Waals surface area (Å²) in [6.07, 6.45) is 0. The van der Waals surface area contributed by atoms with Crippen LogP contribution in [0.25, 0.3) is 0 Å². The number of ether oxygens (including phenoxy) is 1. The third-order valence-corrected chi connectivity index (χ3v) is 4.63. The SMILES string of the molecule is CC(C)(C)c1ccc(C(=O)NCC(=O)NC2COc3ccccc3C2=O)cc1. The molecule has 0 saturated carbocycles. The number of carbonyl (C=O) groups excluding carboxylic acids is 3. The van der Waals surface area contributed by atoms with Crippen molar-refractivity contribution < 1.29 is 19.1 Å². The number of nitrogens with one attached hydrogen (secondary N) is 2. The van der Waals surface area contributed by atoms with Crippen LogP contribution in [0.5, 0.6) is 5.75 Å². The lowest BCUT2D eigenvalue weighted by Crippen LogP contribution is -2.50. The molecule has 0 saturated heterocycles. The summed E-state index contributed by atoms with van der Waals surface area (Å²) in [5, 5.41) is 5.19. The van der Waals surface area contributed by atoms with Gasteiger partial charge in [-0.3, -0.25) is 14.4 Å². The van der Waals surface area contributed by atoms with Crippen molar-refractivity contribution >= 4 is 17.6 Å². The number of carbonyl (C=O) groups is 3. The van der Waals surface area contributed by atoms with Gasteiger partial charge >= 0.3 is 0 Å². The highest BCUT2D eigenvalue weighted by molar-refractivity contribution is 6.05. The summed E-state index contributed by atoms with van der Waals surface area (Å²) in [6.45, 7) is 6.15. The first kappa shape index (κ1) is 19.6. The highest BCUT2D eigenvalue weighted by Gasteiger charge is 2.29. The quantitative estimate of drug-likeness (QED) is 0.853. The number of Topliss-reactive ketones (excluding diaryl/α,β-unsaturated/α-hetero) is 1. The lowest BCUT2D eigenvalue weighted by Gasteiger charge is -2.24. The van der Waals surface area contributed by atoms with E-state index in [1.165, 1.54) is 0 Å². The Bertz CT molecular complexity index is 897. The Morgan fingerprint density at radius 1 is 1.07 bits per heavy atom. The molecule has 0 aliphatic carbocycles. The highest BCUT2D eigenvalue weighted by atomic mass is 16.5. The minimum absolute atomic E-state index is 0.00210. The van der Waals surface area contributed by atoms with Gasteiger partial charge in [0.25, 0.3) is 5.91 Å². The largest absolute Gasteiger partial charge is 0.490 e. The normalized spacial score (nSPS) is 16.0. The first-order chi connectivity index (χ1) is 13.3. The number of hydrogen-bond acceptors (Lipinski definition) is 4. The molecule has 0 spiro atoms. The van der Waals surface area contributed by atoms with Crippen LogP contribution >= 0.6 is 0 Å². The summed E-state index contributed by atoms with van der Waals surface area (Å²) in [4.78, 5) is 36.8. The second kappa shape index (κ2) is 7.84. The van der Waals surface area contributed by atoms with Crippen LogP contribution in [-0.4, -0.2) is 36.8 Å². The van der Waals surface area contributed by atoms with Crippen molar-refractivity contribution in [3.05, 3.63) is 65.2 Å². The fourth-order valence-corrected chi connectivity index (χ4v) is 2.97. The third-order valence-electron chi connectivity index (χ3n) is 4.63. The summed E-state index contributed by atoms with van der Waals surface area (Å²) < 4.78 is 5.52. The first-order valence-corrected chi connectivity index (χ1v) is 9.20. The third kappa shape index (κ3) is 4.39. The van der Waals surface area contributed by atoms with Gasteiger partial charge in [-0.2, -0.15) is 0 Å². The Kier molecular flexibility index (Phi) is 5.49. The van der Waals surface area contributed by atoms with Gasteiger partial charge in [0.2, 0.25) is 5.91 Å². The lowest BCUT2D eigenvalue weighted by atomic mass is 9.87. The van der Waals surface area contributed by atoms with Gasteiger partial charge in [-0.05, 0) is 35.2 Å². The number of benzene rings is 2. The molecule has 146 valence electrons. The van der Waals surface area contributed by atoms with E-state index in [0.717, 1.165) is 5.56 Å². The average molecular weight is 380 g/mol. The van der Waals surface area contributed by atoms with Crippen molar-refractivity contribution in [2.75, 3.05) is 13.2 Å². The molecular formula is C22H24N2O4. The van der Waals surface area contributed by atoms with Crippen LogP contribution in [-0.2, 0) is 10.2 Å². The monoisotopic (exact) mass is 380 g/mol. The Labute approximate surface area is 164 Å². The van der Waals surface area contributed by atoms with E-state index < -0.39 is 11.9 Å². The maximum absolute atomic E-state index is 12.4. The molecule has 0 fully saturated rings. The van der Waals surface area contributed by atoms with E-state index in [4.69, 9.17) is 4.74 Å². The van der Waals surface area contributed by atoms with Crippen LogP contribution in [0.3, 0.4) is 0 Å². The number of amides is 2. The fraction of sp³-hybridized carbons (Fsp3) is 0.318. The fourth-order valence-electron chi connectivity index (χ4n) is 2.97. The molecule has 0 bridgehead atoms. The number of hydrogen-bond donors (Lipinski definition) is 2. The smallest absolute Gasteiger partial charge is 0.251 e. The number of rotatable bonds is 4. The molecule has 6 heteroatoms. The minimum Gasteiger partial charge on any atom is -0.490 e. The van der Waals surface area contributed by atoms with Crippen molar-refractivity contribution in [3.63, 3.8) is 0 Å². The number of fused-ring (bicyclic) bond motifs is 1. The number of ketones is 1. The summed E-state index contributed by atoms with van der Waals surface area (Å²) in [5.41, 5.74) is 2.05. The van der Waals surface area contributed by atoms with E-state index >= 15 is 0 Å². The van der Waals surface area contributed by atoms with Crippen LogP contribution in [0.4, 0.5) is 0 Å². The standard InChI is InChI=1S/C22H24N2O4/c1-22(2,3)15-10-8-14(9-11-15)21(27)23-12-19(25)24-17-13-28-18-7-5-4-6-16(18)20(17)26/h4-11,17H,12-13H2,1-3H3,(H,23,27)(H,24,25). The summed E-state index contributed by atoms with van der Waals surface area (Å²) >= 11 is 0. The molecule has 2 aromatic rings. The van der Waals surface area contributed by atoms with Gasteiger partial charge in [0, 0.05) is 5.56 Å². The Morgan fingerprint density at radius 3 is 2.43 bits per heavy atom. The average Bonchev–Trinajstić information content (AvgIpc) is 2.68. The summed E-state index contributed by atoms with van der Waals surface area (Å²) in [6, 6.07) is 13.5. The molecule has 1 atom stereocenters. The van der Waals surface area contributed by atoms with E-state index in [9.17, 15) is 14.4 Å². The predicted octanol–water partition coefficient (Wildman–Crippen LogP) is 2.47. The Morgan fingerprint density at radius 2 is 1.75 bits per heavy atom. The van der Waals surface area contributed by atoms with Crippen LogP contribution < -0.4 is 15.4 Å². The molecule has 0 aromatic heterocycles. The van der Waals surface area contributed by atoms with Crippen molar-refractivity contribution in [3.8, 4) is 5.75 Å². The van der Waals surface area contributed by atoms with Crippen molar-refractivity contribution in [2.24, 2.45) is 0 Å². The van der Waals surface area contributed by atoms with Gasteiger partial charge in [0.15, 0.2) is 5.78 Å². The molecule has 0 radical (unpaired) electrons. The minimum atomic E-state index is -0.759. The molecule has 6 nitrogen and oxygen atoms in total. The maximum Gasteiger partial charge on any atom is 0.251 e. The van der Waals surface area contributed by atoms with Crippen LogP contribution in [0, 0.1) is 0 Å². The second-order valence-corrected chi connectivity index (χ2v) is 7.80. The number of para-hydroxylation sites is 1. The lowest BCUT2D eigenvalue weighted by molar-refractivity contribution is -0.120. The van der Waals surface area contributed by atoms with Gasteiger partial charge in [-0.25, -0.2) is 0 Å². The molecule has 2 amide bonds. The van der Waals surface area contributed by atoms with Gasteiger partial charge in [0.05, 0.1) is 12.1 Å². The van der Waals surface area contributed by atoms with Crippen molar-refractivity contribution in [1.29, 1.82) is 0 Å². The topological polar surface area (TPSA) is 84.5 Å². The zero-order valence-corrected chi connectivity index (χ0v) is 16.2. The van der Waals surface area contributed by atoms with Crippen LogP contribution in [0.1, 0.15) is 47.1 Å². The van der Waals surface area contributed by atoms with Gasteiger partial charge in [-0.15, -0.1) is 0 Å². The van der Waals surface area contributed by atoms with Crippen LogP contribution in [0.15, 0.2) is 48.5 Å². The highest BCUT2D eigenvalue weighted by Crippen LogP contribution is 2.24. The molecule has 3 rings (SSSR count).